The third-order valence-corrected chi connectivity index (χ3v) is 4.64. The van der Waals surface area contributed by atoms with Crippen molar-refractivity contribution in [3.8, 4) is 0 Å². The molecule has 3 atom stereocenters. The molecule has 13 nitrogen and oxygen atoms in total. The Balaban J connectivity index is 2.91. The molecule has 0 aromatic heterocycles. The summed E-state index contributed by atoms with van der Waals surface area (Å²) >= 11 is 0. The van der Waals surface area contributed by atoms with E-state index in [1.54, 1.807) is 30.3 Å². The molecule has 13 heteroatoms. The van der Waals surface area contributed by atoms with Gasteiger partial charge in [-0.25, -0.2) is 0 Å². The van der Waals surface area contributed by atoms with E-state index >= 15 is 0 Å². The van der Waals surface area contributed by atoms with Crippen LogP contribution in [0.2, 0.25) is 0 Å². The summed E-state index contributed by atoms with van der Waals surface area (Å²) in [5.41, 5.74) is 11.8. The van der Waals surface area contributed by atoms with Gasteiger partial charge in [-0.1, -0.05) is 30.3 Å². The Morgan fingerprint density at radius 2 is 1.35 bits per heavy atom. The van der Waals surface area contributed by atoms with Gasteiger partial charge in [-0.05, 0) is 24.8 Å². The number of carbonyl (C=O) groups is 6. The molecule has 1 rings (SSSR count). The monoisotopic (exact) mass is 479 g/mol. The summed E-state index contributed by atoms with van der Waals surface area (Å²) in [5.74, 6) is -5.80. The largest absolute Gasteiger partial charge is 0.481 e. The SMILES string of the molecule is NC(=O)CCC(NC(=O)C(CCC(=O)O)NC(=O)C(N)Cc1ccccc1)C(=O)NCC(=O)O. The second kappa shape index (κ2) is 14.2. The Morgan fingerprint density at radius 1 is 0.794 bits per heavy atom. The average Bonchev–Trinajstić information content (AvgIpc) is 2.77. The Hall–Kier alpha value is -4.00. The highest BCUT2D eigenvalue weighted by Gasteiger charge is 2.29. The van der Waals surface area contributed by atoms with Crippen LogP contribution >= 0.6 is 0 Å². The summed E-state index contributed by atoms with van der Waals surface area (Å²) in [7, 11) is 0. The fourth-order valence-electron chi connectivity index (χ4n) is 2.89. The van der Waals surface area contributed by atoms with Crippen molar-refractivity contribution >= 4 is 35.6 Å². The molecule has 0 aliphatic heterocycles. The number of nitrogens with one attached hydrogen (secondary N) is 3. The molecule has 186 valence electrons. The average molecular weight is 479 g/mol. The minimum absolute atomic E-state index is 0.165. The predicted molar refractivity (Wildman–Crippen MR) is 118 cm³/mol. The second-order valence-corrected chi connectivity index (χ2v) is 7.47. The van der Waals surface area contributed by atoms with Gasteiger partial charge in [0.2, 0.25) is 23.6 Å². The number of nitrogens with two attached hydrogens (primary N) is 2. The lowest BCUT2D eigenvalue weighted by Crippen LogP contribution is -2.56. The number of carboxylic acid groups (broad SMARTS) is 2. The quantitative estimate of drug-likeness (QED) is 0.145. The number of aliphatic carboxylic acids is 2. The van der Waals surface area contributed by atoms with Crippen molar-refractivity contribution in [3.05, 3.63) is 35.9 Å². The van der Waals surface area contributed by atoms with Gasteiger partial charge < -0.3 is 37.6 Å². The molecule has 4 amide bonds. The first-order valence-electron chi connectivity index (χ1n) is 10.4. The maximum atomic E-state index is 12.8. The number of hydrogen-bond donors (Lipinski definition) is 7. The normalized spacial score (nSPS) is 13.1. The van der Waals surface area contributed by atoms with Crippen molar-refractivity contribution < 1.29 is 39.0 Å². The molecule has 0 aliphatic carbocycles. The van der Waals surface area contributed by atoms with Crippen molar-refractivity contribution in [1.29, 1.82) is 0 Å². The van der Waals surface area contributed by atoms with Crippen LogP contribution in [0.15, 0.2) is 30.3 Å². The topological polar surface area (TPSA) is 231 Å². The molecule has 0 saturated carbocycles. The van der Waals surface area contributed by atoms with E-state index in [-0.39, 0.29) is 25.7 Å². The number of hydrogen-bond acceptors (Lipinski definition) is 7. The fraction of sp³-hybridized carbons (Fsp3) is 0.429. The van der Waals surface area contributed by atoms with Crippen LogP contribution in [0.25, 0.3) is 0 Å². The zero-order valence-corrected chi connectivity index (χ0v) is 18.4. The molecule has 3 unspecified atom stereocenters. The number of rotatable bonds is 15. The van der Waals surface area contributed by atoms with Crippen LogP contribution in [0.3, 0.4) is 0 Å². The Kier molecular flexibility index (Phi) is 11.7. The summed E-state index contributed by atoms with van der Waals surface area (Å²) in [6.07, 6.45) is -1.13. The van der Waals surface area contributed by atoms with E-state index in [2.05, 4.69) is 16.0 Å². The number of primary amides is 1. The lowest BCUT2D eigenvalue weighted by Gasteiger charge is -2.23. The van der Waals surface area contributed by atoms with E-state index in [1.165, 1.54) is 0 Å². The van der Waals surface area contributed by atoms with Gasteiger partial charge in [0.15, 0.2) is 0 Å². The van der Waals surface area contributed by atoms with Gasteiger partial charge in [0.1, 0.15) is 18.6 Å². The van der Waals surface area contributed by atoms with Crippen LogP contribution in [0.4, 0.5) is 0 Å². The molecular weight excluding hydrogens is 450 g/mol. The van der Waals surface area contributed by atoms with Gasteiger partial charge in [-0.3, -0.25) is 28.8 Å². The molecule has 0 bridgehead atoms. The smallest absolute Gasteiger partial charge is 0.322 e. The summed E-state index contributed by atoms with van der Waals surface area (Å²) in [5, 5.41) is 24.5. The van der Waals surface area contributed by atoms with Crippen molar-refractivity contribution in [2.45, 2.75) is 50.2 Å². The van der Waals surface area contributed by atoms with Crippen LogP contribution in [0.1, 0.15) is 31.2 Å². The molecule has 0 radical (unpaired) electrons. The highest BCUT2D eigenvalue weighted by molar-refractivity contribution is 5.94. The highest BCUT2D eigenvalue weighted by Crippen LogP contribution is 2.06. The van der Waals surface area contributed by atoms with Crippen LogP contribution < -0.4 is 27.4 Å². The van der Waals surface area contributed by atoms with Gasteiger partial charge in [0.25, 0.3) is 0 Å². The number of carboxylic acids is 2. The molecule has 0 spiro atoms. The Bertz CT molecular complexity index is 892. The van der Waals surface area contributed by atoms with Gasteiger partial charge in [0, 0.05) is 12.8 Å². The molecule has 1 aromatic carbocycles. The number of benzene rings is 1. The minimum atomic E-state index is -1.35. The van der Waals surface area contributed by atoms with E-state index in [1.807, 2.05) is 0 Å². The van der Waals surface area contributed by atoms with Crippen LogP contribution in [0, 0.1) is 0 Å². The number of carbonyl (C=O) groups excluding carboxylic acids is 4. The zero-order chi connectivity index (χ0) is 25.7. The van der Waals surface area contributed by atoms with Gasteiger partial charge in [-0.15, -0.1) is 0 Å². The third-order valence-electron chi connectivity index (χ3n) is 4.64. The van der Waals surface area contributed by atoms with E-state index in [0.717, 1.165) is 5.56 Å². The maximum absolute atomic E-state index is 12.8. The summed E-state index contributed by atoms with van der Waals surface area (Å²) in [6.45, 7) is -0.727. The van der Waals surface area contributed by atoms with Crippen molar-refractivity contribution in [1.82, 2.24) is 16.0 Å². The first kappa shape index (κ1) is 28.0. The van der Waals surface area contributed by atoms with E-state index in [0.29, 0.717) is 0 Å². The highest BCUT2D eigenvalue weighted by atomic mass is 16.4. The number of amides is 4. The van der Waals surface area contributed by atoms with Crippen LogP contribution in [0.5, 0.6) is 0 Å². The molecule has 9 N–H and O–H groups in total. The molecule has 1 aromatic rings. The standard InChI is InChI=1S/C21H29N5O8/c22-13(10-12-4-2-1-3-5-12)19(32)25-15(7-9-17(28)29)21(34)26-14(6-8-16(23)27)20(33)24-11-18(30)31/h1-5,13-15H,6-11,22H2,(H2,23,27)(H,24,33)(H,25,32)(H,26,34)(H,28,29)(H,30,31). The zero-order valence-electron chi connectivity index (χ0n) is 18.4. The summed E-state index contributed by atoms with van der Waals surface area (Å²) in [4.78, 5) is 70.4. The fourth-order valence-corrected chi connectivity index (χ4v) is 2.89. The van der Waals surface area contributed by atoms with E-state index in [9.17, 15) is 28.8 Å². The first-order valence-corrected chi connectivity index (χ1v) is 10.4. The molecule has 0 aliphatic rings. The lowest BCUT2D eigenvalue weighted by molar-refractivity contribution is -0.139. The van der Waals surface area contributed by atoms with Crippen molar-refractivity contribution in [2.75, 3.05) is 6.54 Å². The van der Waals surface area contributed by atoms with E-state index in [4.69, 9.17) is 21.7 Å². The van der Waals surface area contributed by atoms with Gasteiger partial charge in [-0.2, -0.15) is 0 Å². The molecule has 0 fully saturated rings. The molecular formula is C21H29N5O8. The maximum Gasteiger partial charge on any atom is 0.322 e. The van der Waals surface area contributed by atoms with Crippen LogP contribution in [-0.4, -0.2) is 70.5 Å². The Labute approximate surface area is 195 Å². The van der Waals surface area contributed by atoms with E-state index < -0.39 is 66.7 Å². The lowest BCUT2D eigenvalue weighted by atomic mass is 10.0. The summed E-state index contributed by atoms with van der Waals surface area (Å²) < 4.78 is 0. The van der Waals surface area contributed by atoms with Crippen molar-refractivity contribution in [2.24, 2.45) is 11.5 Å². The third kappa shape index (κ3) is 11.0. The summed E-state index contributed by atoms with van der Waals surface area (Å²) in [6, 6.07) is 5.13. The molecule has 0 heterocycles. The van der Waals surface area contributed by atoms with Gasteiger partial charge in [0.05, 0.1) is 6.04 Å². The molecule has 0 saturated heterocycles. The first-order chi connectivity index (χ1) is 16.0. The minimum Gasteiger partial charge on any atom is -0.481 e. The predicted octanol–water partition coefficient (Wildman–Crippen LogP) is -2.14. The van der Waals surface area contributed by atoms with Gasteiger partial charge >= 0.3 is 11.9 Å². The Morgan fingerprint density at radius 3 is 1.91 bits per heavy atom. The van der Waals surface area contributed by atoms with Crippen LogP contribution in [-0.2, 0) is 35.2 Å². The van der Waals surface area contributed by atoms with Crippen molar-refractivity contribution in [3.63, 3.8) is 0 Å². The molecule has 34 heavy (non-hydrogen) atoms. The second-order valence-electron chi connectivity index (χ2n) is 7.47.